The zero-order chi connectivity index (χ0) is 22.5. The molecule has 6 N–H and O–H groups in total. The zero-order valence-electron chi connectivity index (χ0n) is 17.3. The van der Waals surface area contributed by atoms with Crippen LogP contribution in [0.3, 0.4) is 0 Å². The van der Waals surface area contributed by atoms with E-state index in [4.69, 9.17) is 5.73 Å². The molecule has 0 spiro atoms. The van der Waals surface area contributed by atoms with Crippen LogP contribution in [0.15, 0.2) is 42.6 Å². The summed E-state index contributed by atoms with van der Waals surface area (Å²) in [6, 6.07) is 8.03. The highest BCUT2D eigenvalue weighted by atomic mass is 19.1. The number of urea groups is 1. The summed E-state index contributed by atoms with van der Waals surface area (Å²) in [4.78, 5) is 16.3. The molecule has 31 heavy (non-hydrogen) atoms. The Bertz CT molecular complexity index is 954. The van der Waals surface area contributed by atoms with Gasteiger partial charge in [-0.1, -0.05) is 0 Å². The number of nitrogens with zero attached hydrogens (tertiary/aromatic N) is 2. The lowest BCUT2D eigenvalue weighted by molar-refractivity contribution is 0.132. The number of hydrogen-bond acceptors (Lipinski definition) is 6. The van der Waals surface area contributed by atoms with Gasteiger partial charge in [-0.05, 0) is 48.7 Å². The Hall–Kier alpha value is -3.46. The van der Waals surface area contributed by atoms with E-state index in [0.717, 1.165) is 37.6 Å². The maximum absolute atomic E-state index is 13.5. The van der Waals surface area contributed by atoms with Gasteiger partial charge in [-0.3, -0.25) is 4.90 Å². The molecule has 3 rings (SSSR count). The van der Waals surface area contributed by atoms with Crippen LogP contribution in [0, 0.1) is 5.82 Å². The van der Waals surface area contributed by atoms with E-state index in [0.29, 0.717) is 12.1 Å². The summed E-state index contributed by atoms with van der Waals surface area (Å²) in [7, 11) is 1.72. The molecule has 1 saturated heterocycles. The van der Waals surface area contributed by atoms with Gasteiger partial charge in [0.05, 0.1) is 5.70 Å². The Morgan fingerprint density at radius 1 is 1.19 bits per heavy atom. The summed E-state index contributed by atoms with van der Waals surface area (Å²) < 4.78 is 13.5. The molecule has 1 fully saturated rings. The molecule has 0 aromatic heterocycles. The van der Waals surface area contributed by atoms with E-state index in [2.05, 4.69) is 10.2 Å². The number of nitrogens with two attached hydrogens (primary N) is 1. The summed E-state index contributed by atoms with van der Waals surface area (Å²) >= 11 is 0. The lowest BCUT2D eigenvalue weighted by Crippen LogP contribution is -2.47. The van der Waals surface area contributed by atoms with E-state index in [1.165, 1.54) is 24.4 Å². The molecule has 1 aliphatic rings. The molecule has 2 aromatic rings. The smallest absolute Gasteiger partial charge is 0.321 e. The summed E-state index contributed by atoms with van der Waals surface area (Å²) in [5.41, 5.74) is 7.24. The number of carbonyl (C=O) groups is 1. The highest BCUT2D eigenvalue weighted by molar-refractivity contribution is 5.77. The average molecular weight is 430 g/mol. The monoisotopic (exact) mass is 430 g/mol. The van der Waals surface area contributed by atoms with Crippen molar-refractivity contribution in [1.82, 2.24) is 15.1 Å². The second-order valence-corrected chi connectivity index (χ2v) is 7.69. The number of nitrogens with one attached hydrogen (secondary N) is 1. The second kappa shape index (κ2) is 9.57. The molecule has 166 valence electrons. The van der Waals surface area contributed by atoms with Gasteiger partial charge in [0.15, 0.2) is 11.6 Å². The zero-order valence-corrected chi connectivity index (χ0v) is 17.3. The van der Waals surface area contributed by atoms with Crippen LogP contribution in [0.2, 0.25) is 0 Å². The quantitative estimate of drug-likeness (QED) is 0.497. The van der Waals surface area contributed by atoms with E-state index in [1.54, 1.807) is 24.1 Å². The fourth-order valence-corrected chi connectivity index (χ4v) is 3.65. The summed E-state index contributed by atoms with van der Waals surface area (Å²) in [5.74, 6) is -1.19. The highest BCUT2D eigenvalue weighted by Gasteiger charge is 2.25. The molecular weight excluding hydrogens is 403 g/mol. The molecule has 0 unspecified atom stereocenters. The first-order valence-corrected chi connectivity index (χ1v) is 9.95. The first-order valence-electron chi connectivity index (χ1n) is 9.95. The summed E-state index contributed by atoms with van der Waals surface area (Å²) in [6.07, 6.45) is 2.86. The van der Waals surface area contributed by atoms with E-state index < -0.39 is 11.6 Å². The molecule has 8 nitrogen and oxygen atoms in total. The summed E-state index contributed by atoms with van der Waals surface area (Å²) in [6.45, 7) is 2.14. The standard InChI is InChI=1S/C22H27FN4O4/c1-26(22(31)25-12-20(24)15-2-3-21(30)19(23)10-15)16-4-6-27(7-5-16)13-14-8-17(28)11-18(29)9-14/h2-3,8-12,16,28-30H,4-7,13,24H2,1H3,(H,25,31)/b20-12-. The number of aromatic hydroxyl groups is 3. The largest absolute Gasteiger partial charge is 0.508 e. The van der Waals surface area contributed by atoms with Crippen molar-refractivity contribution in [3.05, 3.63) is 59.5 Å². The van der Waals surface area contributed by atoms with Gasteiger partial charge < -0.3 is 31.3 Å². The SMILES string of the molecule is CN(C(=O)N/C=C(\N)c1ccc(O)c(F)c1)C1CCN(Cc2cc(O)cc(O)c2)CC1. The normalized spacial score (nSPS) is 15.6. The molecule has 0 atom stereocenters. The van der Waals surface area contributed by atoms with Crippen LogP contribution in [0.25, 0.3) is 5.70 Å². The molecule has 0 bridgehead atoms. The van der Waals surface area contributed by atoms with Gasteiger partial charge in [0.25, 0.3) is 0 Å². The maximum atomic E-state index is 13.5. The number of rotatable bonds is 5. The minimum absolute atomic E-state index is 0.0312. The van der Waals surface area contributed by atoms with Gasteiger partial charge in [0, 0.05) is 50.6 Å². The average Bonchev–Trinajstić information content (AvgIpc) is 2.73. The van der Waals surface area contributed by atoms with E-state index in [9.17, 15) is 24.5 Å². The van der Waals surface area contributed by atoms with Crippen molar-refractivity contribution < 1.29 is 24.5 Å². The van der Waals surface area contributed by atoms with Crippen LogP contribution in [0.1, 0.15) is 24.0 Å². The Labute approximate surface area is 180 Å². The Kier molecular flexibility index (Phi) is 6.86. The molecule has 1 heterocycles. The van der Waals surface area contributed by atoms with Crippen molar-refractivity contribution in [3.8, 4) is 17.2 Å². The van der Waals surface area contributed by atoms with Crippen LogP contribution in [-0.2, 0) is 6.54 Å². The molecule has 2 aromatic carbocycles. The van der Waals surface area contributed by atoms with Gasteiger partial charge in [-0.2, -0.15) is 0 Å². The number of carbonyl (C=O) groups excluding carboxylic acids is 1. The lowest BCUT2D eigenvalue weighted by Gasteiger charge is -2.36. The van der Waals surface area contributed by atoms with Crippen molar-refractivity contribution in [2.75, 3.05) is 20.1 Å². The molecule has 1 aliphatic heterocycles. The molecule has 0 radical (unpaired) electrons. The molecule has 0 aliphatic carbocycles. The topological polar surface area (TPSA) is 122 Å². The number of piperidine rings is 1. The maximum Gasteiger partial charge on any atom is 0.321 e. The third kappa shape index (κ3) is 5.79. The van der Waals surface area contributed by atoms with E-state index >= 15 is 0 Å². The van der Waals surface area contributed by atoms with E-state index in [1.807, 2.05) is 0 Å². The van der Waals surface area contributed by atoms with Crippen LogP contribution >= 0.6 is 0 Å². The number of benzene rings is 2. The van der Waals surface area contributed by atoms with Crippen molar-refractivity contribution in [1.29, 1.82) is 0 Å². The van der Waals surface area contributed by atoms with Crippen molar-refractivity contribution in [2.24, 2.45) is 5.73 Å². The fraction of sp³-hybridized carbons (Fsp3) is 0.318. The summed E-state index contributed by atoms with van der Waals surface area (Å²) in [5, 5.41) is 31.1. The predicted molar refractivity (Wildman–Crippen MR) is 115 cm³/mol. The second-order valence-electron chi connectivity index (χ2n) is 7.69. The van der Waals surface area contributed by atoms with Gasteiger partial charge in [0.2, 0.25) is 0 Å². The van der Waals surface area contributed by atoms with Gasteiger partial charge in [-0.15, -0.1) is 0 Å². The number of phenols is 3. The van der Waals surface area contributed by atoms with Crippen LogP contribution < -0.4 is 11.1 Å². The number of halogens is 1. The highest BCUT2D eigenvalue weighted by Crippen LogP contribution is 2.24. The van der Waals surface area contributed by atoms with Gasteiger partial charge in [0.1, 0.15) is 11.5 Å². The molecular formula is C22H27FN4O4. The third-order valence-corrected chi connectivity index (χ3v) is 5.43. The third-order valence-electron chi connectivity index (χ3n) is 5.43. The molecule has 9 heteroatoms. The van der Waals surface area contributed by atoms with Crippen LogP contribution in [0.5, 0.6) is 17.2 Å². The van der Waals surface area contributed by atoms with Crippen molar-refractivity contribution in [2.45, 2.75) is 25.4 Å². The fourth-order valence-electron chi connectivity index (χ4n) is 3.65. The van der Waals surface area contributed by atoms with Crippen molar-refractivity contribution in [3.63, 3.8) is 0 Å². The number of hydrogen-bond donors (Lipinski definition) is 5. The van der Waals surface area contributed by atoms with E-state index in [-0.39, 0.29) is 29.3 Å². The van der Waals surface area contributed by atoms with Gasteiger partial charge >= 0.3 is 6.03 Å². The first kappa shape index (κ1) is 22.2. The van der Waals surface area contributed by atoms with Gasteiger partial charge in [-0.25, -0.2) is 9.18 Å². The number of phenolic OH excluding ortho intramolecular Hbond substituents is 3. The molecule has 2 amide bonds. The Balaban J connectivity index is 1.50. The number of likely N-dealkylation sites (tertiary alicyclic amines) is 1. The predicted octanol–water partition coefficient (Wildman–Crippen LogP) is 2.51. The lowest BCUT2D eigenvalue weighted by atomic mass is 10.0. The Morgan fingerprint density at radius 2 is 1.84 bits per heavy atom. The molecule has 0 saturated carbocycles. The van der Waals surface area contributed by atoms with Crippen molar-refractivity contribution >= 4 is 11.7 Å². The minimum Gasteiger partial charge on any atom is -0.508 e. The first-order chi connectivity index (χ1) is 14.7. The van der Waals surface area contributed by atoms with Crippen LogP contribution in [-0.4, -0.2) is 57.3 Å². The number of amides is 2. The Morgan fingerprint density at radius 3 is 2.45 bits per heavy atom. The van der Waals surface area contributed by atoms with Crippen LogP contribution in [0.4, 0.5) is 9.18 Å². The minimum atomic E-state index is -0.787.